The minimum atomic E-state index is -1.08. The molecule has 2 N–H and O–H groups in total. The number of carbonyl (C=O) groups excluding carboxylic acids is 3. The lowest BCUT2D eigenvalue weighted by Gasteiger charge is -2.19. The number of carbonyl (C=O) groups is 3. The smallest absolute Gasteiger partial charge is 0.326 e. The van der Waals surface area contributed by atoms with Gasteiger partial charge < -0.3 is 15.4 Å². The van der Waals surface area contributed by atoms with Crippen LogP contribution in [0.2, 0.25) is 10.0 Å². The van der Waals surface area contributed by atoms with Crippen LogP contribution in [0.15, 0.2) is 42.5 Å². The van der Waals surface area contributed by atoms with Crippen LogP contribution in [0.3, 0.4) is 0 Å². The number of ether oxygens (including phenoxy) is 1. The third kappa shape index (κ3) is 6.75. The zero-order valence-electron chi connectivity index (χ0n) is 17.2. The fourth-order valence-corrected chi connectivity index (χ4v) is 2.95. The van der Waals surface area contributed by atoms with Crippen LogP contribution in [0.1, 0.15) is 43.6 Å². The Morgan fingerprint density at radius 3 is 2.23 bits per heavy atom. The highest BCUT2D eigenvalue weighted by atomic mass is 35.5. The van der Waals surface area contributed by atoms with Crippen LogP contribution in [0.25, 0.3) is 0 Å². The van der Waals surface area contributed by atoms with Crippen molar-refractivity contribution >= 4 is 46.7 Å². The second kappa shape index (κ2) is 9.96. The number of halogens is 2. The van der Waals surface area contributed by atoms with Gasteiger partial charge in [-0.05, 0) is 48.2 Å². The van der Waals surface area contributed by atoms with Crippen molar-refractivity contribution in [2.24, 2.45) is 0 Å². The first-order chi connectivity index (χ1) is 14.0. The number of hydrogen-bond donors (Lipinski definition) is 2. The summed E-state index contributed by atoms with van der Waals surface area (Å²) in [5, 5.41) is 5.74. The molecule has 0 radical (unpaired) electrons. The highest BCUT2D eigenvalue weighted by Gasteiger charge is 2.20. The Morgan fingerprint density at radius 2 is 1.67 bits per heavy atom. The summed E-state index contributed by atoms with van der Waals surface area (Å²) < 4.78 is 5.06. The number of amides is 2. The molecule has 1 unspecified atom stereocenters. The van der Waals surface area contributed by atoms with Crippen LogP contribution in [0, 0.1) is 0 Å². The summed E-state index contributed by atoms with van der Waals surface area (Å²) in [6.45, 7) is 7.30. The largest absolute Gasteiger partial charge is 0.451 e. The number of anilines is 1. The van der Waals surface area contributed by atoms with Gasteiger partial charge >= 0.3 is 5.97 Å². The molecule has 0 aliphatic heterocycles. The summed E-state index contributed by atoms with van der Waals surface area (Å²) in [7, 11) is 0. The molecule has 0 saturated heterocycles. The van der Waals surface area contributed by atoms with E-state index in [4.69, 9.17) is 27.9 Å². The van der Waals surface area contributed by atoms with Gasteiger partial charge in [-0.2, -0.15) is 0 Å². The van der Waals surface area contributed by atoms with Gasteiger partial charge in [-0.15, -0.1) is 0 Å². The van der Waals surface area contributed by atoms with E-state index in [1.165, 1.54) is 13.0 Å². The molecule has 1 atom stereocenters. The maximum Gasteiger partial charge on any atom is 0.326 e. The lowest BCUT2D eigenvalue weighted by atomic mass is 9.87. The molecule has 2 aromatic carbocycles. The topological polar surface area (TPSA) is 84.5 Å². The van der Waals surface area contributed by atoms with Crippen molar-refractivity contribution in [1.82, 2.24) is 5.32 Å². The van der Waals surface area contributed by atoms with Crippen LogP contribution < -0.4 is 10.6 Å². The molecule has 0 aliphatic rings. The van der Waals surface area contributed by atoms with Crippen molar-refractivity contribution in [3.05, 3.63) is 63.6 Å². The van der Waals surface area contributed by atoms with Crippen LogP contribution >= 0.6 is 23.2 Å². The maximum absolute atomic E-state index is 12.2. The predicted octanol–water partition coefficient (Wildman–Crippen LogP) is 4.59. The summed E-state index contributed by atoms with van der Waals surface area (Å²) in [6, 6.07) is 11.8. The predicted molar refractivity (Wildman–Crippen MR) is 118 cm³/mol. The average Bonchev–Trinajstić information content (AvgIpc) is 2.67. The molecule has 0 heterocycles. The van der Waals surface area contributed by atoms with E-state index in [1.54, 1.807) is 24.3 Å². The molecular formula is C22H24Cl2N2O4. The average molecular weight is 451 g/mol. The first-order valence-corrected chi connectivity index (χ1v) is 10.1. The first-order valence-electron chi connectivity index (χ1n) is 9.31. The van der Waals surface area contributed by atoms with E-state index in [0.717, 1.165) is 5.56 Å². The SMILES string of the molecule is CC(OC(=O)CNC(=O)c1ccc(C(C)(C)C)cc1)C(=O)Nc1ccc(Cl)cc1Cl. The summed E-state index contributed by atoms with van der Waals surface area (Å²) in [4.78, 5) is 36.4. The molecule has 0 spiro atoms. The molecule has 2 rings (SSSR count). The molecular weight excluding hydrogens is 427 g/mol. The third-order valence-electron chi connectivity index (χ3n) is 4.27. The minimum absolute atomic E-state index is 0.0221. The van der Waals surface area contributed by atoms with Gasteiger partial charge in [0.05, 0.1) is 10.7 Å². The zero-order chi connectivity index (χ0) is 22.5. The monoisotopic (exact) mass is 450 g/mol. The Morgan fingerprint density at radius 1 is 1.03 bits per heavy atom. The van der Waals surface area contributed by atoms with Gasteiger partial charge in [0, 0.05) is 10.6 Å². The lowest BCUT2D eigenvalue weighted by Crippen LogP contribution is -2.35. The van der Waals surface area contributed by atoms with Gasteiger partial charge in [0.25, 0.3) is 11.8 Å². The lowest BCUT2D eigenvalue weighted by molar-refractivity contribution is -0.152. The molecule has 2 amide bonds. The van der Waals surface area contributed by atoms with Crippen molar-refractivity contribution in [3.8, 4) is 0 Å². The van der Waals surface area contributed by atoms with Crippen molar-refractivity contribution in [1.29, 1.82) is 0 Å². The second-order valence-corrected chi connectivity index (χ2v) is 8.60. The van der Waals surface area contributed by atoms with Gasteiger partial charge in [-0.1, -0.05) is 56.1 Å². The maximum atomic E-state index is 12.2. The molecule has 0 aromatic heterocycles. The third-order valence-corrected chi connectivity index (χ3v) is 4.82. The number of benzene rings is 2. The Labute approximate surface area is 185 Å². The fourth-order valence-electron chi connectivity index (χ4n) is 2.49. The van der Waals surface area contributed by atoms with Crippen molar-refractivity contribution in [2.45, 2.75) is 39.2 Å². The Bertz CT molecular complexity index is 937. The normalized spacial score (nSPS) is 12.1. The van der Waals surface area contributed by atoms with E-state index in [-0.39, 0.29) is 17.0 Å². The van der Waals surface area contributed by atoms with E-state index < -0.39 is 23.9 Å². The van der Waals surface area contributed by atoms with Crippen LogP contribution in [0.5, 0.6) is 0 Å². The Kier molecular flexibility index (Phi) is 7.87. The summed E-state index contributed by atoms with van der Waals surface area (Å²) in [5.74, 6) is -1.70. The highest BCUT2D eigenvalue weighted by molar-refractivity contribution is 6.36. The van der Waals surface area contributed by atoms with E-state index in [9.17, 15) is 14.4 Å². The summed E-state index contributed by atoms with van der Waals surface area (Å²) >= 11 is 11.8. The van der Waals surface area contributed by atoms with Crippen LogP contribution in [-0.2, 0) is 19.7 Å². The fraction of sp³-hybridized carbons (Fsp3) is 0.318. The van der Waals surface area contributed by atoms with Crippen LogP contribution in [0.4, 0.5) is 5.69 Å². The summed E-state index contributed by atoms with van der Waals surface area (Å²) in [5.41, 5.74) is 1.85. The highest BCUT2D eigenvalue weighted by Crippen LogP contribution is 2.25. The quantitative estimate of drug-likeness (QED) is 0.630. The van der Waals surface area contributed by atoms with E-state index in [2.05, 4.69) is 31.4 Å². The molecule has 0 fully saturated rings. The molecule has 8 heteroatoms. The first kappa shape index (κ1) is 23.7. The summed E-state index contributed by atoms with van der Waals surface area (Å²) in [6.07, 6.45) is -1.08. The molecule has 2 aromatic rings. The van der Waals surface area contributed by atoms with E-state index in [0.29, 0.717) is 16.3 Å². The molecule has 6 nitrogen and oxygen atoms in total. The van der Waals surface area contributed by atoms with E-state index >= 15 is 0 Å². The Hall–Kier alpha value is -2.57. The number of esters is 1. The van der Waals surface area contributed by atoms with Crippen molar-refractivity contribution in [2.75, 3.05) is 11.9 Å². The van der Waals surface area contributed by atoms with Gasteiger partial charge in [0.2, 0.25) is 0 Å². The minimum Gasteiger partial charge on any atom is -0.451 e. The molecule has 30 heavy (non-hydrogen) atoms. The van der Waals surface area contributed by atoms with Gasteiger partial charge in [-0.3, -0.25) is 14.4 Å². The van der Waals surface area contributed by atoms with Gasteiger partial charge in [0.1, 0.15) is 6.54 Å². The second-order valence-electron chi connectivity index (χ2n) is 7.76. The van der Waals surface area contributed by atoms with Crippen LogP contribution in [-0.4, -0.2) is 30.4 Å². The van der Waals surface area contributed by atoms with Gasteiger partial charge in [-0.25, -0.2) is 0 Å². The number of nitrogens with one attached hydrogen (secondary N) is 2. The molecule has 0 aliphatic carbocycles. The zero-order valence-corrected chi connectivity index (χ0v) is 18.7. The number of hydrogen-bond acceptors (Lipinski definition) is 4. The molecule has 0 bridgehead atoms. The molecule has 160 valence electrons. The standard InChI is InChI=1S/C22H24Cl2N2O4/c1-13(20(28)26-18-10-9-16(23)11-17(18)24)30-19(27)12-25-21(29)14-5-7-15(8-6-14)22(2,3)4/h5-11,13H,12H2,1-4H3,(H,25,29)(H,26,28). The van der Waals surface area contributed by atoms with Crippen molar-refractivity contribution < 1.29 is 19.1 Å². The Balaban J connectivity index is 1.84. The van der Waals surface area contributed by atoms with Crippen molar-refractivity contribution in [3.63, 3.8) is 0 Å². The van der Waals surface area contributed by atoms with E-state index in [1.807, 2.05) is 12.1 Å². The van der Waals surface area contributed by atoms with Gasteiger partial charge in [0.15, 0.2) is 6.10 Å². The number of rotatable bonds is 6. The molecule has 0 saturated carbocycles.